The van der Waals surface area contributed by atoms with E-state index in [2.05, 4.69) is 10.4 Å². The van der Waals surface area contributed by atoms with Crippen LogP contribution in [0, 0.1) is 12.7 Å². The number of aryl methyl sites for hydroxylation is 1. The minimum atomic E-state index is -0.620. The Balaban J connectivity index is 0.000000860. The van der Waals surface area contributed by atoms with Crippen LogP contribution in [0.25, 0.3) is 10.9 Å². The predicted molar refractivity (Wildman–Crippen MR) is 129 cm³/mol. The molecule has 0 radical (unpaired) electrons. The number of rotatable bonds is 3. The van der Waals surface area contributed by atoms with Gasteiger partial charge in [-0.15, -0.1) is 0 Å². The Labute approximate surface area is 190 Å². The summed E-state index contributed by atoms with van der Waals surface area (Å²) in [5.41, 5.74) is 3.06. The van der Waals surface area contributed by atoms with Crippen LogP contribution in [-0.2, 0) is 4.74 Å². The number of hydrogen-bond donors (Lipinski definition) is 2. The van der Waals surface area contributed by atoms with Crippen LogP contribution in [0.3, 0.4) is 0 Å². The molecule has 0 atom stereocenters. The molecular formula is C25H36FN4O2+. The molecule has 1 fully saturated rings. The van der Waals surface area contributed by atoms with Crippen molar-refractivity contribution in [3.63, 3.8) is 0 Å². The standard InChI is InChI=1S/C21H23FN4O2.2C2H6/c1-13-5-6-16(15(22)11-13)24-19-14-12-23-26(20(27)28-21(2,3)4)17(14)7-8-18(19)25-9-10-25;2*1-2/h5-8,11-12,24H,9-10H2,1-4H3;2*1-2H3/p+1. The third-order valence-corrected chi connectivity index (χ3v) is 4.58. The monoisotopic (exact) mass is 443 g/mol. The van der Waals surface area contributed by atoms with Gasteiger partial charge in [0.15, 0.2) is 5.69 Å². The van der Waals surface area contributed by atoms with Crippen LogP contribution >= 0.6 is 0 Å². The molecule has 1 aliphatic rings. The third kappa shape index (κ3) is 5.85. The van der Waals surface area contributed by atoms with Crippen molar-refractivity contribution in [1.82, 2.24) is 9.78 Å². The van der Waals surface area contributed by atoms with E-state index < -0.39 is 11.7 Å². The predicted octanol–water partition coefficient (Wildman–Crippen LogP) is 5.59. The zero-order valence-electron chi connectivity index (χ0n) is 20.5. The SMILES string of the molecule is CC.CC.Cc1ccc(Nc2c([NH+]3CC3)ccc3c2cnn3C(=O)OC(C)(C)C)c(F)c1. The molecule has 0 unspecified atom stereocenters. The molecule has 174 valence electrons. The number of quaternary nitrogens is 1. The van der Waals surface area contributed by atoms with Crippen molar-refractivity contribution in [3.05, 3.63) is 47.9 Å². The molecule has 2 aromatic carbocycles. The van der Waals surface area contributed by atoms with Crippen molar-refractivity contribution >= 4 is 34.1 Å². The van der Waals surface area contributed by atoms with Crippen LogP contribution in [0.4, 0.5) is 26.2 Å². The maximum absolute atomic E-state index is 14.4. The minimum absolute atomic E-state index is 0.316. The zero-order valence-corrected chi connectivity index (χ0v) is 20.5. The normalized spacial score (nSPS) is 12.9. The van der Waals surface area contributed by atoms with E-state index in [1.165, 1.54) is 15.6 Å². The number of carbonyl (C=O) groups is 1. The Morgan fingerprint density at radius 2 is 1.78 bits per heavy atom. The van der Waals surface area contributed by atoms with Crippen molar-refractivity contribution in [2.24, 2.45) is 0 Å². The summed E-state index contributed by atoms with van der Waals surface area (Å²) in [5.74, 6) is -0.316. The van der Waals surface area contributed by atoms with Gasteiger partial charge in [0.05, 0.1) is 22.8 Å². The lowest BCUT2D eigenvalue weighted by molar-refractivity contribution is -0.678. The first-order valence-electron chi connectivity index (χ1n) is 11.4. The number of carbonyl (C=O) groups excluding carboxylic acids is 1. The highest BCUT2D eigenvalue weighted by atomic mass is 19.1. The minimum Gasteiger partial charge on any atom is -0.442 e. The quantitative estimate of drug-likeness (QED) is 0.518. The fourth-order valence-electron chi connectivity index (χ4n) is 3.17. The van der Waals surface area contributed by atoms with Crippen LogP contribution in [0.5, 0.6) is 0 Å². The molecule has 4 rings (SSSR count). The number of nitrogens with one attached hydrogen (secondary N) is 2. The highest BCUT2D eigenvalue weighted by Gasteiger charge is 2.31. The summed E-state index contributed by atoms with van der Waals surface area (Å²) in [5, 5.41) is 8.22. The van der Waals surface area contributed by atoms with Gasteiger partial charge in [-0.1, -0.05) is 33.8 Å². The van der Waals surface area contributed by atoms with E-state index in [0.29, 0.717) is 11.2 Å². The van der Waals surface area contributed by atoms with Gasteiger partial charge in [-0.25, -0.2) is 9.18 Å². The molecule has 7 heteroatoms. The highest BCUT2D eigenvalue weighted by Crippen LogP contribution is 2.34. The van der Waals surface area contributed by atoms with E-state index >= 15 is 0 Å². The lowest BCUT2D eigenvalue weighted by Crippen LogP contribution is -2.85. The first-order valence-corrected chi connectivity index (χ1v) is 11.4. The molecule has 1 saturated heterocycles. The van der Waals surface area contributed by atoms with Crippen molar-refractivity contribution in [3.8, 4) is 0 Å². The number of anilines is 2. The van der Waals surface area contributed by atoms with Gasteiger partial charge in [-0.05, 0) is 51.5 Å². The summed E-state index contributed by atoms with van der Waals surface area (Å²) in [4.78, 5) is 13.8. The van der Waals surface area contributed by atoms with Gasteiger partial charge in [0.2, 0.25) is 0 Å². The number of ether oxygens (including phenoxy) is 1. The molecular weight excluding hydrogens is 407 g/mol. The summed E-state index contributed by atoms with van der Waals surface area (Å²) >= 11 is 0. The molecule has 0 amide bonds. The molecule has 2 heterocycles. The Morgan fingerprint density at radius 3 is 2.34 bits per heavy atom. The average molecular weight is 444 g/mol. The smallest absolute Gasteiger partial charge is 0.435 e. The first-order chi connectivity index (χ1) is 15.2. The van der Waals surface area contributed by atoms with Gasteiger partial charge in [-0.2, -0.15) is 9.78 Å². The maximum atomic E-state index is 14.4. The Bertz CT molecular complexity index is 1070. The first kappa shape index (κ1) is 25.3. The Hall–Kier alpha value is -2.93. The topological polar surface area (TPSA) is 60.6 Å². The van der Waals surface area contributed by atoms with Gasteiger partial charge in [0.25, 0.3) is 0 Å². The van der Waals surface area contributed by atoms with Gasteiger partial charge in [-0.3, -0.25) is 4.90 Å². The van der Waals surface area contributed by atoms with Crippen LogP contribution in [-0.4, -0.2) is 34.6 Å². The lowest BCUT2D eigenvalue weighted by Gasteiger charge is -2.19. The number of hydrogen-bond acceptors (Lipinski definition) is 4. The largest absolute Gasteiger partial charge is 0.442 e. The number of nitrogens with zero attached hydrogens (tertiary/aromatic N) is 2. The molecule has 3 aromatic rings. The summed E-state index contributed by atoms with van der Waals surface area (Å²) in [6.07, 6.45) is 1.09. The van der Waals surface area contributed by atoms with E-state index in [1.54, 1.807) is 12.3 Å². The number of benzene rings is 2. The van der Waals surface area contributed by atoms with E-state index in [1.807, 2.05) is 73.6 Å². The molecule has 0 spiro atoms. The molecule has 1 aliphatic heterocycles. The molecule has 1 aromatic heterocycles. The van der Waals surface area contributed by atoms with Crippen molar-refractivity contribution in [2.75, 3.05) is 18.4 Å². The fourth-order valence-corrected chi connectivity index (χ4v) is 3.17. The molecule has 2 N–H and O–H groups in total. The van der Waals surface area contributed by atoms with Crippen molar-refractivity contribution in [1.29, 1.82) is 0 Å². The highest BCUT2D eigenvalue weighted by molar-refractivity contribution is 6.01. The summed E-state index contributed by atoms with van der Waals surface area (Å²) in [6, 6.07) is 8.91. The zero-order chi connectivity index (χ0) is 24.1. The fraction of sp³-hybridized carbons (Fsp3) is 0.440. The summed E-state index contributed by atoms with van der Waals surface area (Å²) in [6.45, 7) is 17.3. The van der Waals surface area contributed by atoms with Crippen molar-refractivity contribution in [2.45, 2.75) is 61.0 Å². The second-order valence-electron chi connectivity index (χ2n) is 8.17. The van der Waals surface area contributed by atoms with E-state index in [9.17, 15) is 9.18 Å². The molecule has 0 aliphatic carbocycles. The third-order valence-electron chi connectivity index (χ3n) is 4.58. The van der Waals surface area contributed by atoms with E-state index in [-0.39, 0.29) is 5.82 Å². The second-order valence-corrected chi connectivity index (χ2v) is 8.17. The second kappa shape index (κ2) is 10.6. The molecule has 6 nitrogen and oxygen atoms in total. The van der Waals surface area contributed by atoms with E-state index in [0.717, 1.165) is 35.4 Å². The van der Waals surface area contributed by atoms with Crippen LogP contribution in [0.2, 0.25) is 0 Å². The van der Waals surface area contributed by atoms with E-state index in [4.69, 9.17) is 4.74 Å². The van der Waals surface area contributed by atoms with Gasteiger partial charge in [0, 0.05) is 6.07 Å². The molecule has 32 heavy (non-hydrogen) atoms. The number of aromatic nitrogens is 2. The average Bonchev–Trinajstić information content (AvgIpc) is 3.49. The van der Waals surface area contributed by atoms with Crippen LogP contribution < -0.4 is 10.2 Å². The van der Waals surface area contributed by atoms with Gasteiger partial charge >= 0.3 is 6.09 Å². The summed E-state index contributed by atoms with van der Waals surface area (Å²) in [7, 11) is 0. The van der Waals surface area contributed by atoms with Crippen LogP contribution in [0.1, 0.15) is 54.0 Å². The Kier molecular flexibility index (Phi) is 8.38. The van der Waals surface area contributed by atoms with Gasteiger partial charge in [0.1, 0.15) is 30.2 Å². The number of halogens is 1. The molecule has 0 saturated carbocycles. The van der Waals surface area contributed by atoms with Gasteiger partial charge < -0.3 is 10.1 Å². The summed E-state index contributed by atoms with van der Waals surface area (Å²) < 4.78 is 21.1. The maximum Gasteiger partial charge on any atom is 0.435 e. The van der Waals surface area contributed by atoms with Crippen LogP contribution in [0.15, 0.2) is 36.5 Å². The Morgan fingerprint density at radius 1 is 1.12 bits per heavy atom. The molecule has 0 bridgehead atoms. The number of fused-ring (bicyclic) bond motifs is 1. The lowest BCUT2D eigenvalue weighted by atomic mass is 10.1. The van der Waals surface area contributed by atoms with Crippen molar-refractivity contribution < 1.29 is 18.8 Å².